The molecular formula is C16H10ClF2NO. The van der Waals surface area contributed by atoms with Crippen molar-refractivity contribution in [3.05, 3.63) is 70.4 Å². The highest BCUT2D eigenvalue weighted by Gasteiger charge is 2.17. The topological polar surface area (TPSA) is 32.9 Å². The van der Waals surface area contributed by atoms with Crippen LogP contribution in [0.5, 0.6) is 0 Å². The molecule has 2 nitrogen and oxygen atoms in total. The quantitative estimate of drug-likeness (QED) is 0.709. The zero-order valence-electron chi connectivity index (χ0n) is 10.8. The van der Waals surface area contributed by atoms with Crippen molar-refractivity contribution in [1.29, 1.82) is 0 Å². The average molecular weight is 306 g/mol. The van der Waals surface area contributed by atoms with E-state index in [1.165, 1.54) is 18.3 Å². The van der Waals surface area contributed by atoms with Crippen molar-refractivity contribution in [2.45, 2.75) is 6.42 Å². The first kappa shape index (κ1) is 13.8. The SMILES string of the molecule is O=C(Cc1cccc(F)c1F)c1c[nH]c2c(Cl)cccc12. The van der Waals surface area contributed by atoms with Gasteiger partial charge in [0.15, 0.2) is 17.4 Å². The number of hydrogen-bond acceptors (Lipinski definition) is 1. The van der Waals surface area contributed by atoms with Crippen LogP contribution in [-0.2, 0) is 6.42 Å². The number of aromatic amines is 1. The molecule has 0 unspecified atom stereocenters. The van der Waals surface area contributed by atoms with Gasteiger partial charge in [0.2, 0.25) is 0 Å². The zero-order valence-corrected chi connectivity index (χ0v) is 11.5. The van der Waals surface area contributed by atoms with Crippen molar-refractivity contribution in [3.8, 4) is 0 Å². The number of carbonyl (C=O) groups excluding carboxylic acids is 1. The summed E-state index contributed by atoms with van der Waals surface area (Å²) < 4.78 is 26.8. The maximum Gasteiger partial charge on any atom is 0.169 e. The van der Waals surface area contributed by atoms with E-state index in [0.29, 0.717) is 21.5 Å². The Morgan fingerprint density at radius 3 is 2.71 bits per heavy atom. The highest BCUT2D eigenvalue weighted by molar-refractivity contribution is 6.35. The summed E-state index contributed by atoms with van der Waals surface area (Å²) in [5.74, 6) is -2.24. The Bertz CT molecular complexity index is 841. The number of H-pyrrole nitrogens is 1. The maximum absolute atomic E-state index is 13.6. The van der Waals surface area contributed by atoms with Gasteiger partial charge in [-0.3, -0.25) is 4.79 Å². The highest BCUT2D eigenvalue weighted by Crippen LogP contribution is 2.26. The molecule has 3 aromatic rings. The van der Waals surface area contributed by atoms with Crippen LogP contribution in [-0.4, -0.2) is 10.8 Å². The smallest absolute Gasteiger partial charge is 0.169 e. The van der Waals surface area contributed by atoms with E-state index in [-0.39, 0.29) is 17.8 Å². The number of halogens is 3. The molecule has 0 aliphatic heterocycles. The molecule has 0 saturated heterocycles. The van der Waals surface area contributed by atoms with Gasteiger partial charge in [0, 0.05) is 23.6 Å². The molecule has 106 valence electrons. The second-order valence-electron chi connectivity index (χ2n) is 4.68. The van der Waals surface area contributed by atoms with Crippen LogP contribution in [0.3, 0.4) is 0 Å². The average Bonchev–Trinajstić information content (AvgIpc) is 2.89. The Morgan fingerprint density at radius 2 is 1.90 bits per heavy atom. The van der Waals surface area contributed by atoms with Crippen LogP contribution < -0.4 is 0 Å². The summed E-state index contributed by atoms with van der Waals surface area (Å²) in [4.78, 5) is 15.2. The Balaban J connectivity index is 1.98. The molecule has 2 aromatic carbocycles. The first-order chi connectivity index (χ1) is 10.1. The van der Waals surface area contributed by atoms with Crippen molar-refractivity contribution in [1.82, 2.24) is 4.98 Å². The Kier molecular flexibility index (Phi) is 3.47. The number of para-hydroxylation sites is 1. The number of fused-ring (bicyclic) bond motifs is 1. The fourth-order valence-electron chi connectivity index (χ4n) is 2.30. The van der Waals surface area contributed by atoms with Crippen molar-refractivity contribution in [2.75, 3.05) is 0 Å². The Hall–Kier alpha value is -2.20. The summed E-state index contributed by atoms with van der Waals surface area (Å²) >= 11 is 6.03. The molecule has 0 aliphatic rings. The molecule has 0 bridgehead atoms. The summed E-state index contributed by atoms with van der Waals surface area (Å²) in [6, 6.07) is 9.01. The van der Waals surface area contributed by atoms with E-state index in [0.717, 1.165) is 6.07 Å². The molecule has 5 heteroatoms. The minimum absolute atomic E-state index is 0.0383. The van der Waals surface area contributed by atoms with Gasteiger partial charge in [-0.2, -0.15) is 0 Å². The monoisotopic (exact) mass is 305 g/mol. The molecule has 0 fully saturated rings. The van der Waals surface area contributed by atoms with Gasteiger partial charge >= 0.3 is 0 Å². The number of rotatable bonds is 3. The van der Waals surface area contributed by atoms with Crippen LogP contribution in [0, 0.1) is 11.6 Å². The number of aromatic nitrogens is 1. The minimum Gasteiger partial charge on any atom is -0.359 e. The van der Waals surface area contributed by atoms with Gasteiger partial charge in [0.1, 0.15) is 0 Å². The number of hydrogen-bond donors (Lipinski definition) is 1. The van der Waals surface area contributed by atoms with Crippen LogP contribution in [0.2, 0.25) is 5.02 Å². The van der Waals surface area contributed by atoms with Crippen molar-refractivity contribution in [2.24, 2.45) is 0 Å². The Labute approximate surface area is 124 Å². The molecule has 3 rings (SSSR count). The van der Waals surface area contributed by atoms with Gasteiger partial charge in [-0.1, -0.05) is 35.9 Å². The van der Waals surface area contributed by atoms with E-state index in [2.05, 4.69) is 4.98 Å². The van der Waals surface area contributed by atoms with E-state index in [9.17, 15) is 13.6 Å². The summed E-state index contributed by atoms with van der Waals surface area (Å²) in [5, 5.41) is 1.17. The molecule has 0 aliphatic carbocycles. The number of benzene rings is 2. The molecule has 0 saturated carbocycles. The van der Waals surface area contributed by atoms with E-state index in [4.69, 9.17) is 11.6 Å². The van der Waals surface area contributed by atoms with Crippen LogP contribution in [0.1, 0.15) is 15.9 Å². The van der Waals surface area contributed by atoms with Crippen molar-refractivity contribution >= 4 is 28.3 Å². The zero-order chi connectivity index (χ0) is 15.0. The lowest BCUT2D eigenvalue weighted by Crippen LogP contribution is -2.05. The number of nitrogens with one attached hydrogen (secondary N) is 1. The van der Waals surface area contributed by atoms with Gasteiger partial charge in [-0.15, -0.1) is 0 Å². The van der Waals surface area contributed by atoms with Crippen LogP contribution in [0.4, 0.5) is 8.78 Å². The summed E-state index contributed by atoms with van der Waals surface area (Å²) in [5.41, 5.74) is 1.11. The Morgan fingerprint density at radius 1 is 1.14 bits per heavy atom. The largest absolute Gasteiger partial charge is 0.359 e. The van der Waals surface area contributed by atoms with E-state index >= 15 is 0 Å². The molecule has 1 N–H and O–H groups in total. The predicted molar refractivity (Wildman–Crippen MR) is 77.7 cm³/mol. The second kappa shape index (κ2) is 5.30. The van der Waals surface area contributed by atoms with Gasteiger partial charge in [-0.25, -0.2) is 8.78 Å². The molecule has 1 aromatic heterocycles. The van der Waals surface area contributed by atoms with Gasteiger partial charge in [-0.05, 0) is 17.7 Å². The van der Waals surface area contributed by atoms with Crippen LogP contribution in [0.25, 0.3) is 10.9 Å². The first-order valence-corrected chi connectivity index (χ1v) is 6.67. The van der Waals surface area contributed by atoms with E-state index < -0.39 is 11.6 Å². The molecule has 1 heterocycles. The molecule has 0 spiro atoms. The van der Waals surface area contributed by atoms with E-state index in [1.807, 2.05) is 0 Å². The van der Waals surface area contributed by atoms with Gasteiger partial charge < -0.3 is 4.98 Å². The lowest BCUT2D eigenvalue weighted by molar-refractivity contribution is 0.0993. The fraction of sp³-hybridized carbons (Fsp3) is 0.0625. The summed E-state index contributed by atoms with van der Waals surface area (Å²) in [6.45, 7) is 0. The highest BCUT2D eigenvalue weighted by atomic mass is 35.5. The maximum atomic E-state index is 13.6. The number of Topliss-reactive ketones (excluding diaryl/α,β-unsaturated/α-hetero) is 1. The van der Waals surface area contributed by atoms with Crippen molar-refractivity contribution < 1.29 is 13.6 Å². The minimum atomic E-state index is -0.983. The van der Waals surface area contributed by atoms with Crippen LogP contribution >= 0.6 is 11.6 Å². The van der Waals surface area contributed by atoms with Gasteiger partial charge in [0.05, 0.1) is 10.5 Å². The lowest BCUT2D eigenvalue weighted by atomic mass is 10.0. The standard InChI is InChI=1S/C16H10ClF2NO/c17-12-5-2-4-10-11(8-20-16(10)12)14(21)7-9-3-1-6-13(18)15(9)19/h1-6,8,20H,7H2. The fourth-order valence-corrected chi connectivity index (χ4v) is 2.53. The molecule has 0 radical (unpaired) electrons. The third-order valence-corrected chi connectivity index (χ3v) is 3.66. The second-order valence-corrected chi connectivity index (χ2v) is 5.08. The summed E-state index contributed by atoms with van der Waals surface area (Å²) in [6.07, 6.45) is 1.33. The normalized spacial score (nSPS) is 11.0. The predicted octanol–water partition coefficient (Wildman–Crippen LogP) is 4.52. The van der Waals surface area contributed by atoms with E-state index in [1.54, 1.807) is 18.2 Å². The number of carbonyl (C=O) groups is 1. The third kappa shape index (κ3) is 2.43. The third-order valence-electron chi connectivity index (χ3n) is 3.35. The summed E-state index contributed by atoms with van der Waals surface area (Å²) in [7, 11) is 0. The lowest BCUT2D eigenvalue weighted by Gasteiger charge is -2.03. The van der Waals surface area contributed by atoms with Crippen LogP contribution in [0.15, 0.2) is 42.6 Å². The first-order valence-electron chi connectivity index (χ1n) is 6.29. The van der Waals surface area contributed by atoms with Crippen molar-refractivity contribution in [3.63, 3.8) is 0 Å². The molecule has 21 heavy (non-hydrogen) atoms. The molecule has 0 atom stereocenters. The molecule has 0 amide bonds. The molecular weight excluding hydrogens is 296 g/mol. The van der Waals surface area contributed by atoms with Gasteiger partial charge in [0.25, 0.3) is 0 Å². The number of ketones is 1.